The quantitative estimate of drug-likeness (QED) is 0.413. The van der Waals surface area contributed by atoms with Crippen LogP contribution in [0.4, 0.5) is 23.2 Å². The number of benzene rings is 1. The molecular formula is C24H24ClF4N3O3. The van der Waals surface area contributed by atoms with Crippen molar-refractivity contribution in [3.05, 3.63) is 76.2 Å². The summed E-state index contributed by atoms with van der Waals surface area (Å²) < 4.78 is 59.6. The molecule has 0 aliphatic heterocycles. The minimum Gasteiger partial charge on any atom is -0.493 e. The van der Waals surface area contributed by atoms with Gasteiger partial charge in [-0.15, -0.1) is 12.4 Å². The first kappa shape index (κ1) is 27.8. The number of aromatic amines is 1. The van der Waals surface area contributed by atoms with Gasteiger partial charge in [0.1, 0.15) is 17.0 Å². The highest BCUT2D eigenvalue weighted by molar-refractivity contribution is 5.92. The molecule has 2 N–H and O–H groups in total. The van der Waals surface area contributed by atoms with E-state index in [1.165, 1.54) is 36.5 Å². The number of nitrogens with one attached hydrogen (secondary N) is 2. The number of H-pyrrole nitrogens is 1. The fourth-order valence-corrected chi connectivity index (χ4v) is 3.17. The number of amides is 1. The highest BCUT2D eigenvalue weighted by atomic mass is 35.5. The van der Waals surface area contributed by atoms with Crippen molar-refractivity contribution < 1.29 is 27.1 Å². The van der Waals surface area contributed by atoms with Crippen molar-refractivity contribution in [2.75, 3.05) is 11.9 Å². The zero-order chi connectivity index (χ0) is 25.1. The van der Waals surface area contributed by atoms with Crippen LogP contribution in [0.3, 0.4) is 0 Å². The number of hydrogen-bond donors (Lipinski definition) is 2. The van der Waals surface area contributed by atoms with E-state index in [1.54, 1.807) is 13.0 Å². The van der Waals surface area contributed by atoms with E-state index < -0.39 is 23.3 Å². The van der Waals surface area contributed by atoms with Gasteiger partial charge in [0.15, 0.2) is 0 Å². The molecule has 0 atom stereocenters. The Morgan fingerprint density at radius 2 is 1.86 bits per heavy atom. The average Bonchev–Trinajstić information content (AvgIpc) is 2.75. The lowest BCUT2D eigenvalue weighted by Crippen LogP contribution is -2.37. The number of aromatic nitrogens is 2. The first-order valence-corrected chi connectivity index (χ1v) is 10.4. The van der Waals surface area contributed by atoms with E-state index in [0.29, 0.717) is 23.5 Å². The second-order valence-electron chi connectivity index (χ2n) is 8.09. The number of ether oxygens (including phenoxy) is 1. The van der Waals surface area contributed by atoms with E-state index in [9.17, 15) is 27.2 Å². The van der Waals surface area contributed by atoms with Crippen LogP contribution in [0.1, 0.15) is 32.0 Å². The molecule has 0 aliphatic rings. The summed E-state index contributed by atoms with van der Waals surface area (Å²) in [6.45, 7) is 4.11. The largest absolute Gasteiger partial charge is 0.493 e. The summed E-state index contributed by atoms with van der Waals surface area (Å²) in [6, 6.07) is 8.05. The Kier molecular flexibility index (Phi) is 8.67. The molecule has 6 nitrogen and oxygen atoms in total. The zero-order valence-corrected chi connectivity index (χ0v) is 19.9. The van der Waals surface area contributed by atoms with Gasteiger partial charge >= 0.3 is 6.18 Å². The molecule has 11 heteroatoms. The van der Waals surface area contributed by atoms with E-state index in [2.05, 4.69) is 15.3 Å². The highest BCUT2D eigenvalue weighted by Gasteiger charge is 2.49. The van der Waals surface area contributed by atoms with Gasteiger partial charge in [-0.25, -0.2) is 4.39 Å². The molecular weight excluding hydrogens is 490 g/mol. The van der Waals surface area contributed by atoms with Gasteiger partial charge in [-0.1, -0.05) is 12.1 Å². The van der Waals surface area contributed by atoms with Crippen LogP contribution in [-0.2, 0) is 16.6 Å². The molecule has 1 aromatic carbocycles. The number of anilines is 1. The molecule has 0 bridgehead atoms. The summed E-state index contributed by atoms with van der Waals surface area (Å²) >= 11 is 0. The Hall–Kier alpha value is -3.40. The molecule has 0 radical (unpaired) electrons. The van der Waals surface area contributed by atoms with Gasteiger partial charge in [-0.05, 0) is 50.1 Å². The van der Waals surface area contributed by atoms with Crippen molar-refractivity contribution in [1.82, 2.24) is 9.97 Å². The van der Waals surface area contributed by atoms with Crippen LogP contribution < -0.4 is 15.6 Å². The number of pyridine rings is 2. The van der Waals surface area contributed by atoms with Gasteiger partial charge in [0.05, 0.1) is 30.6 Å². The van der Waals surface area contributed by atoms with Gasteiger partial charge in [0.25, 0.3) is 5.56 Å². The number of halogens is 5. The third kappa shape index (κ3) is 6.39. The number of alkyl halides is 3. The predicted molar refractivity (Wildman–Crippen MR) is 127 cm³/mol. The van der Waals surface area contributed by atoms with Crippen LogP contribution in [0, 0.1) is 5.82 Å². The SMILES string of the molecule is CCOc1cc(=O)[nH]cc1-c1ccc(CC(=O)Nc2ccc(C(C)(C)C(F)(F)F)nc2)c(F)c1.Cl. The predicted octanol–water partition coefficient (Wildman–Crippen LogP) is 5.42. The number of nitrogens with zero attached hydrogens (tertiary/aromatic N) is 1. The third-order valence-electron chi connectivity index (χ3n) is 5.30. The summed E-state index contributed by atoms with van der Waals surface area (Å²) in [5.74, 6) is -0.891. The fourth-order valence-electron chi connectivity index (χ4n) is 3.17. The van der Waals surface area contributed by atoms with E-state index in [-0.39, 0.29) is 41.3 Å². The van der Waals surface area contributed by atoms with Gasteiger partial charge in [-0.2, -0.15) is 13.2 Å². The molecule has 2 aromatic heterocycles. The second-order valence-corrected chi connectivity index (χ2v) is 8.09. The van der Waals surface area contributed by atoms with Crippen molar-refractivity contribution in [3.8, 4) is 16.9 Å². The van der Waals surface area contributed by atoms with Gasteiger partial charge in [-0.3, -0.25) is 14.6 Å². The Bertz CT molecular complexity index is 1240. The molecule has 188 valence electrons. The molecule has 3 rings (SSSR count). The van der Waals surface area contributed by atoms with Gasteiger partial charge in [0.2, 0.25) is 5.91 Å². The average molecular weight is 514 g/mol. The van der Waals surface area contributed by atoms with Crippen molar-refractivity contribution >= 4 is 24.0 Å². The molecule has 0 saturated carbocycles. The van der Waals surface area contributed by atoms with Crippen LogP contribution in [0.2, 0.25) is 0 Å². The summed E-state index contributed by atoms with van der Waals surface area (Å²) in [4.78, 5) is 30.3. The first-order chi connectivity index (χ1) is 15.9. The molecule has 2 heterocycles. The molecule has 0 aliphatic carbocycles. The Labute approximate surface area is 205 Å². The van der Waals surface area contributed by atoms with Crippen molar-refractivity contribution in [1.29, 1.82) is 0 Å². The maximum atomic E-state index is 14.7. The van der Waals surface area contributed by atoms with Crippen LogP contribution in [0.15, 0.2) is 53.6 Å². The maximum Gasteiger partial charge on any atom is 0.399 e. The van der Waals surface area contributed by atoms with E-state index in [4.69, 9.17) is 4.74 Å². The zero-order valence-electron chi connectivity index (χ0n) is 19.1. The lowest BCUT2D eigenvalue weighted by Gasteiger charge is -2.27. The van der Waals surface area contributed by atoms with Crippen LogP contribution in [-0.4, -0.2) is 28.7 Å². The monoisotopic (exact) mass is 513 g/mol. The molecule has 3 aromatic rings. The van der Waals surface area contributed by atoms with E-state index in [0.717, 1.165) is 20.0 Å². The summed E-state index contributed by atoms with van der Waals surface area (Å²) in [5, 5.41) is 2.50. The summed E-state index contributed by atoms with van der Waals surface area (Å²) in [6.07, 6.45) is -2.23. The first-order valence-electron chi connectivity index (χ1n) is 10.4. The summed E-state index contributed by atoms with van der Waals surface area (Å²) in [5.41, 5.74) is -1.44. The fraction of sp³-hybridized carbons (Fsp3) is 0.292. The number of hydrogen-bond acceptors (Lipinski definition) is 4. The van der Waals surface area contributed by atoms with E-state index in [1.807, 2.05) is 0 Å². The molecule has 0 fully saturated rings. The highest BCUT2D eigenvalue weighted by Crippen LogP contribution is 2.39. The number of carbonyl (C=O) groups is 1. The third-order valence-corrected chi connectivity index (χ3v) is 5.30. The Morgan fingerprint density at radius 1 is 1.14 bits per heavy atom. The Balaban J connectivity index is 0.00000432. The van der Waals surface area contributed by atoms with Gasteiger partial charge in [0, 0.05) is 17.8 Å². The maximum absolute atomic E-state index is 14.7. The molecule has 0 saturated heterocycles. The second kappa shape index (κ2) is 10.9. The lowest BCUT2D eigenvalue weighted by atomic mass is 9.88. The van der Waals surface area contributed by atoms with Crippen LogP contribution >= 0.6 is 12.4 Å². The molecule has 0 unspecified atom stereocenters. The number of rotatable bonds is 7. The number of carbonyl (C=O) groups excluding carboxylic acids is 1. The normalized spacial score (nSPS) is 11.5. The van der Waals surface area contributed by atoms with Crippen molar-refractivity contribution in [2.24, 2.45) is 0 Å². The Morgan fingerprint density at radius 3 is 2.43 bits per heavy atom. The molecule has 35 heavy (non-hydrogen) atoms. The molecule has 0 spiro atoms. The smallest absolute Gasteiger partial charge is 0.399 e. The standard InChI is InChI=1S/C24H23F4N3O3.ClH/c1-4-34-19-11-21(32)30-13-17(19)14-5-6-15(18(25)9-14)10-22(33)31-16-7-8-20(29-12-16)23(2,3)24(26,27)28;/h5-9,11-13H,4,10H2,1-3H3,(H,30,32)(H,31,33);1H. The minimum atomic E-state index is -4.48. The van der Waals surface area contributed by atoms with Gasteiger partial charge < -0.3 is 15.0 Å². The topological polar surface area (TPSA) is 84.1 Å². The lowest BCUT2D eigenvalue weighted by molar-refractivity contribution is -0.181. The van der Waals surface area contributed by atoms with E-state index >= 15 is 0 Å². The molecule has 1 amide bonds. The van der Waals surface area contributed by atoms with Crippen LogP contribution in [0.25, 0.3) is 11.1 Å². The van der Waals surface area contributed by atoms with Crippen molar-refractivity contribution in [3.63, 3.8) is 0 Å². The van der Waals surface area contributed by atoms with Crippen LogP contribution in [0.5, 0.6) is 5.75 Å². The summed E-state index contributed by atoms with van der Waals surface area (Å²) in [7, 11) is 0. The minimum absolute atomic E-state index is 0. The van der Waals surface area contributed by atoms with Crippen molar-refractivity contribution in [2.45, 2.75) is 38.8 Å².